The molecule has 0 aliphatic heterocycles. The van der Waals surface area contributed by atoms with Crippen LogP contribution in [0.3, 0.4) is 0 Å². The first-order valence-electron chi connectivity index (χ1n) is 22.8. The van der Waals surface area contributed by atoms with Gasteiger partial charge < -0.3 is 23.8 Å². The summed E-state index contributed by atoms with van der Waals surface area (Å²) >= 11 is 0. The predicted octanol–water partition coefficient (Wildman–Crippen LogP) is 12.6. The molecule has 0 aromatic rings. The molecule has 2 unspecified atom stereocenters. The lowest BCUT2D eigenvalue weighted by atomic mass is 10.0. The Balaban J connectivity index is 4.42. The first-order chi connectivity index (χ1) is 27.6. The Morgan fingerprint density at radius 3 is 1.44 bits per heavy atom. The molecular weight excluding hydrogens is 715 g/mol. The van der Waals surface area contributed by atoms with Crippen LogP contribution in [-0.4, -0.2) is 80.6 Å². The van der Waals surface area contributed by atoms with Crippen molar-refractivity contribution >= 4 is 17.9 Å². The van der Waals surface area contributed by atoms with E-state index in [1.807, 2.05) is 21.1 Å². The molecule has 0 radical (unpaired) electrons. The van der Waals surface area contributed by atoms with Gasteiger partial charge in [-0.2, -0.15) is 0 Å². The monoisotopic (exact) mass is 801 g/mol. The highest BCUT2D eigenvalue weighted by molar-refractivity contribution is 5.72. The Hall–Kier alpha value is -2.97. The van der Waals surface area contributed by atoms with Crippen LogP contribution in [0.15, 0.2) is 60.8 Å². The SMILES string of the molecule is CC/C=C\C/C=C\C/C=C\C/C=C\C/C=C\CCCC(=O)OC(COCCC(C(=O)O)[N+](C)(C)C)COC(=O)CCCCCCCCCCCCCCCCCC. The van der Waals surface area contributed by atoms with Gasteiger partial charge in [0.2, 0.25) is 0 Å². The average molecular weight is 801 g/mol. The minimum atomic E-state index is -0.885. The topological polar surface area (TPSA) is 99.1 Å². The van der Waals surface area contributed by atoms with Gasteiger partial charge in [0.05, 0.1) is 34.4 Å². The van der Waals surface area contributed by atoms with Crippen LogP contribution in [0.25, 0.3) is 0 Å². The van der Waals surface area contributed by atoms with Gasteiger partial charge in [0.25, 0.3) is 0 Å². The summed E-state index contributed by atoms with van der Waals surface area (Å²) in [6.07, 6.45) is 48.4. The van der Waals surface area contributed by atoms with Gasteiger partial charge in [-0.15, -0.1) is 0 Å². The fraction of sp³-hybridized carbons (Fsp3) is 0.735. The van der Waals surface area contributed by atoms with E-state index in [-0.39, 0.29) is 42.7 Å². The van der Waals surface area contributed by atoms with Crippen LogP contribution in [0.4, 0.5) is 0 Å². The van der Waals surface area contributed by atoms with Crippen LogP contribution in [-0.2, 0) is 28.6 Å². The molecule has 0 spiro atoms. The standard InChI is InChI=1S/C49H85NO7/c1-6-8-10-12-14-16-18-20-22-24-26-28-30-32-34-36-38-40-48(52)57-45(43-55-42-41-46(49(53)54)50(3,4)5)44-56-47(51)39-37-35-33-31-29-27-25-23-21-19-17-15-13-11-9-7-2/h8,10,14,16,20,22,26,28,32,34,45-46H,6-7,9,11-13,15,17-19,21,23-25,27,29-31,33,35-44H2,1-5H3/p+1/b10-8-,16-14-,22-20-,28-26-,34-32-. The number of quaternary nitrogens is 1. The van der Waals surface area contributed by atoms with Crippen molar-refractivity contribution in [1.82, 2.24) is 0 Å². The van der Waals surface area contributed by atoms with Crippen molar-refractivity contribution in [1.29, 1.82) is 0 Å². The Bertz CT molecular complexity index is 1120. The normalized spacial score (nSPS) is 13.5. The van der Waals surface area contributed by atoms with Gasteiger partial charge >= 0.3 is 17.9 Å². The number of hydrogen-bond acceptors (Lipinski definition) is 6. The summed E-state index contributed by atoms with van der Waals surface area (Å²) in [6.45, 7) is 4.57. The van der Waals surface area contributed by atoms with Gasteiger partial charge in [-0.1, -0.05) is 171 Å². The number of nitrogens with zero attached hydrogens (tertiary/aromatic N) is 1. The van der Waals surface area contributed by atoms with Crippen LogP contribution in [0.1, 0.15) is 181 Å². The fourth-order valence-electron chi connectivity index (χ4n) is 6.42. The molecule has 0 amide bonds. The van der Waals surface area contributed by atoms with E-state index < -0.39 is 18.1 Å². The Labute approximate surface area is 349 Å². The highest BCUT2D eigenvalue weighted by atomic mass is 16.6. The van der Waals surface area contributed by atoms with E-state index in [4.69, 9.17) is 14.2 Å². The third-order valence-corrected chi connectivity index (χ3v) is 9.93. The van der Waals surface area contributed by atoms with Crippen LogP contribution in [0.5, 0.6) is 0 Å². The minimum absolute atomic E-state index is 0.0380. The number of carboxylic acids is 1. The lowest BCUT2D eigenvalue weighted by molar-refractivity contribution is -0.887. The molecule has 0 saturated carbocycles. The largest absolute Gasteiger partial charge is 0.477 e. The molecule has 0 aliphatic carbocycles. The second-order valence-corrected chi connectivity index (χ2v) is 16.3. The Kier molecular flexibility index (Phi) is 37.8. The summed E-state index contributed by atoms with van der Waals surface area (Å²) in [5, 5.41) is 9.62. The van der Waals surface area contributed by atoms with Crippen LogP contribution in [0.2, 0.25) is 0 Å². The summed E-state index contributed by atoms with van der Waals surface area (Å²) in [7, 11) is 5.51. The molecule has 0 rings (SSSR count). The Morgan fingerprint density at radius 2 is 0.982 bits per heavy atom. The number of unbranched alkanes of at least 4 members (excludes halogenated alkanes) is 16. The molecule has 8 nitrogen and oxygen atoms in total. The molecule has 328 valence electrons. The molecule has 1 N–H and O–H groups in total. The lowest BCUT2D eigenvalue weighted by Crippen LogP contribution is -2.50. The molecule has 0 heterocycles. The quantitative estimate of drug-likeness (QED) is 0.0285. The molecular formula is C49H86NO7+. The number of ether oxygens (including phenoxy) is 3. The summed E-state index contributed by atoms with van der Waals surface area (Å²) in [5.74, 6) is -1.54. The number of aliphatic carboxylic acids is 1. The first-order valence-corrected chi connectivity index (χ1v) is 22.8. The zero-order chi connectivity index (χ0) is 42.1. The maximum Gasteiger partial charge on any atom is 0.362 e. The number of allylic oxidation sites excluding steroid dienone is 10. The van der Waals surface area contributed by atoms with Crippen molar-refractivity contribution in [2.24, 2.45) is 0 Å². The van der Waals surface area contributed by atoms with Gasteiger partial charge in [0.15, 0.2) is 12.1 Å². The second kappa shape index (κ2) is 39.8. The number of carbonyl (C=O) groups is 3. The maximum absolute atomic E-state index is 12.7. The number of carbonyl (C=O) groups excluding carboxylic acids is 2. The van der Waals surface area contributed by atoms with Crippen LogP contribution < -0.4 is 0 Å². The number of rotatable bonds is 40. The van der Waals surface area contributed by atoms with E-state index in [0.29, 0.717) is 19.3 Å². The molecule has 0 aliphatic rings. The molecule has 0 aromatic heterocycles. The van der Waals surface area contributed by atoms with E-state index in [9.17, 15) is 19.5 Å². The van der Waals surface area contributed by atoms with Gasteiger partial charge in [0, 0.05) is 19.3 Å². The van der Waals surface area contributed by atoms with Crippen molar-refractivity contribution in [3.8, 4) is 0 Å². The molecule has 8 heteroatoms. The minimum Gasteiger partial charge on any atom is -0.477 e. The highest BCUT2D eigenvalue weighted by Gasteiger charge is 2.31. The highest BCUT2D eigenvalue weighted by Crippen LogP contribution is 2.15. The average Bonchev–Trinajstić information content (AvgIpc) is 3.17. The van der Waals surface area contributed by atoms with Gasteiger partial charge in [-0.3, -0.25) is 9.59 Å². The van der Waals surface area contributed by atoms with E-state index in [0.717, 1.165) is 57.8 Å². The van der Waals surface area contributed by atoms with E-state index >= 15 is 0 Å². The number of hydrogen-bond donors (Lipinski definition) is 1. The zero-order valence-corrected chi connectivity index (χ0v) is 37.3. The van der Waals surface area contributed by atoms with E-state index in [1.165, 1.54) is 83.5 Å². The van der Waals surface area contributed by atoms with Crippen LogP contribution in [0, 0.1) is 0 Å². The lowest BCUT2D eigenvalue weighted by Gasteiger charge is -2.31. The van der Waals surface area contributed by atoms with E-state index in [1.54, 1.807) is 0 Å². The van der Waals surface area contributed by atoms with Crippen molar-refractivity contribution in [2.45, 2.75) is 193 Å². The maximum atomic E-state index is 12.7. The number of carboxylic acid groups (broad SMARTS) is 1. The number of esters is 2. The smallest absolute Gasteiger partial charge is 0.362 e. The number of likely N-dealkylation sites (N-methyl/N-ethyl adjacent to an activating group) is 1. The third-order valence-electron chi connectivity index (χ3n) is 9.93. The fourth-order valence-corrected chi connectivity index (χ4v) is 6.42. The van der Waals surface area contributed by atoms with Crippen molar-refractivity contribution in [3.63, 3.8) is 0 Å². The van der Waals surface area contributed by atoms with Gasteiger partial charge in [-0.25, -0.2) is 4.79 Å². The predicted molar refractivity (Wildman–Crippen MR) is 238 cm³/mol. The summed E-state index contributed by atoms with van der Waals surface area (Å²) in [6, 6.07) is -0.625. The third kappa shape index (κ3) is 38.3. The summed E-state index contributed by atoms with van der Waals surface area (Å²) < 4.78 is 17.2. The summed E-state index contributed by atoms with van der Waals surface area (Å²) in [5.41, 5.74) is 0. The van der Waals surface area contributed by atoms with Crippen molar-refractivity contribution in [2.75, 3.05) is 41.0 Å². The Morgan fingerprint density at radius 1 is 0.544 bits per heavy atom. The zero-order valence-electron chi connectivity index (χ0n) is 37.3. The molecule has 0 aromatic carbocycles. The molecule has 57 heavy (non-hydrogen) atoms. The first kappa shape index (κ1) is 54.0. The molecule has 0 fully saturated rings. The van der Waals surface area contributed by atoms with Gasteiger partial charge in [0.1, 0.15) is 6.61 Å². The van der Waals surface area contributed by atoms with Gasteiger partial charge in [-0.05, 0) is 51.4 Å². The summed E-state index contributed by atoms with van der Waals surface area (Å²) in [4.78, 5) is 37.0. The van der Waals surface area contributed by atoms with Crippen molar-refractivity contribution in [3.05, 3.63) is 60.8 Å². The molecule has 0 saturated heterocycles. The molecule has 2 atom stereocenters. The molecule has 0 bridgehead atoms. The van der Waals surface area contributed by atoms with Crippen LogP contribution >= 0.6 is 0 Å². The van der Waals surface area contributed by atoms with Crippen molar-refractivity contribution < 1.29 is 38.2 Å². The van der Waals surface area contributed by atoms with E-state index in [2.05, 4.69) is 74.6 Å². The second-order valence-electron chi connectivity index (χ2n) is 16.3.